The minimum Gasteiger partial charge on any atom is -0.493 e. The third-order valence-electron chi connectivity index (χ3n) is 8.45. The summed E-state index contributed by atoms with van der Waals surface area (Å²) in [7, 11) is 3.80. The van der Waals surface area contributed by atoms with E-state index >= 15 is 0 Å². The molecule has 0 spiro atoms. The molecule has 1 amide bonds. The van der Waals surface area contributed by atoms with Crippen molar-refractivity contribution in [3.05, 3.63) is 64.2 Å². The molecule has 2 atom stereocenters. The number of ether oxygens (including phenoxy) is 2. The normalized spacial score (nSPS) is 20.1. The number of fused-ring (bicyclic) bond motifs is 1. The first kappa shape index (κ1) is 30.3. The number of nitrogens with zero attached hydrogens (tertiary/aromatic N) is 3. The maximum absolute atomic E-state index is 13.1. The van der Waals surface area contributed by atoms with Gasteiger partial charge in [0.1, 0.15) is 5.75 Å². The summed E-state index contributed by atoms with van der Waals surface area (Å²) in [6.07, 6.45) is -0.323. The van der Waals surface area contributed by atoms with E-state index in [1.807, 2.05) is 0 Å². The van der Waals surface area contributed by atoms with Crippen LogP contribution in [0.4, 0.5) is 13.2 Å². The van der Waals surface area contributed by atoms with Crippen LogP contribution in [-0.4, -0.2) is 86.7 Å². The first-order valence-electron chi connectivity index (χ1n) is 14.2. The number of halogens is 3. The quantitative estimate of drug-likeness (QED) is 0.347. The maximum atomic E-state index is 13.1. The minimum atomic E-state index is -4.41. The highest BCUT2D eigenvalue weighted by Gasteiger charge is 2.38. The number of piperidine rings is 1. The Morgan fingerprint density at radius 3 is 2.45 bits per heavy atom. The fraction of sp³-hybridized carbons (Fsp3) is 0.581. The molecule has 0 aliphatic carbocycles. The molecule has 2 aromatic carbocycles. The average Bonchev–Trinajstić information content (AvgIpc) is 2.95. The van der Waals surface area contributed by atoms with Gasteiger partial charge in [-0.3, -0.25) is 9.69 Å². The SMILES string of the molecule is COCCN(C)CCCOc1ccc(C2CCC[C@H]3CN(C(=O)c4ccc(C(F)(F)F)cc4)CCN23)c(C)c1C. The van der Waals surface area contributed by atoms with E-state index in [4.69, 9.17) is 9.47 Å². The molecule has 1 unspecified atom stereocenters. The van der Waals surface area contributed by atoms with Crippen LogP contribution in [0.2, 0.25) is 0 Å². The van der Waals surface area contributed by atoms with E-state index in [-0.39, 0.29) is 18.0 Å². The van der Waals surface area contributed by atoms with Gasteiger partial charge in [-0.05, 0) is 93.6 Å². The highest BCUT2D eigenvalue weighted by Crippen LogP contribution is 2.40. The number of piperazine rings is 1. The van der Waals surface area contributed by atoms with Gasteiger partial charge in [0.15, 0.2) is 0 Å². The summed E-state index contributed by atoms with van der Waals surface area (Å²) in [5, 5.41) is 0. The summed E-state index contributed by atoms with van der Waals surface area (Å²) in [5.41, 5.74) is 3.30. The molecule has 2 aliphatic heterocycles. The summed E-state index contributed by atoms with van der Waals surface area (Å²) >= 11 is 0. The molecule has 0 aromatic heterocycles. The molecule has 0 radical (unpaired) electrons. The van der Waals surface area contributed by atoms with Crippen molar-refractivity contribution in [2.45, 2.75) is 57.8 Å². The van der Waals surface area contributed by atoms with Crippen LogP contribution in [0.5, 0.6) is 5.75 Å². The van der Waals surface area contributed by atoms with Crippen molar-refractivity contribution in [1.29, 1.82) is 0 Å². The molecular formula is C31H42F3N3O3. The summed E-state index contributed by atoms with van der Waals surface area (Å²) in [6.45, 7) is 9.44. The van der Waals surface area contributed by atoms with Crippen molar-refractivity contribution >= 4 is 5.91 Å². The zero-order valence-electron chi connectivity index (χ0n) is 24.1. The second kappa shape index (κ2) is 13.4. The van der Waals surface area contributed by atoms with Crippen LogP contribution in [0.25, 0.3) is 0 Å². The molecule has 2 aromatic rings. The Morgan fingerprint density at radius 2 is 1.75 bits per heavy atom. The Hall–Kier alpha value is -2.62. The van der Waals surface area contributed by atoms with Gasteiger partial charge in [-0.1, -0.05) is 6.07 Å². The Labute approximate surface area is 236 Å². The highest BCUT2D eigenvalue weighted by molar-refractivity contribution is 5.94. The van der Waals surface area contributed by atoms with Crippen molar-refractivity contribution in [3.8, 4) is 5.75 Å². The highest BCUT2D eigenvalue weighted by atomic mass is 19.4. The van der Waals surface area contributed by atoms with Gasteiger partial charge in [0.05, 0.1) is 18.8 Å². The standard InChI is InChI=1S/C31H42F3N3O3/c1-22-23(2)29(40-19-6-15-35(3)18-20-39-4)14-13-27(22)28-8-5-7-26-21-36(16-17-37(26)28)30(38)24-9-11-25(12-10-24)31(32,33)34/h9-14,26,28H,5-8,15-21H2,1-4H3/t26-,28?/m0/s1. The molecule has 0 saturated carbocycles. The van der Waals surface area contributed by atoms with E-state index in [1.54, 1.807) is 12.0 Å². The predicted molar refractivity (Wildman–Crippen MR) is 150 cm³/mol. The molecule has 40 heavy (non-hydrogen) atoms. The van der Waals surface area contributed by atoms with Crippen LogP contribution in [0.1, 0.15) is 64.3 Å². The molecule has 2 heterocycles. The number of benzene rings is 2. The fourth-order valence-electron chi connectivity index (χ4n) is 5.96. The van der Waals surface area contributed by atoms with Crippen molar-refractivity contribution in [3.63, 3.8) is 0 Å². The first-order valence-corrected chi connectivity index (χ1v) is 14.2. The topological polar surface area (TPSA) is 45.3 Å². The zero-order chi connectivity index (χ0) is 28.9. The van der Waals surface area contributed by atoms with Crippen LogP contribution >= 0.6 is 0 Å². The lowest BCUT2D eigenvalue weighted by molar-refractivity contribution is -0.137. The number of carbonyl (C=O) groups excluding carboxylic acids is 1. The maximum Gasteiger partial charge on any atom is 0.416 e. The van der Waals surface area contributed by atoms with Crippen molar-refractivity contribution in [2.24, 2.45) is 0 Å². The third kappa shape index (κ3) is 7.17. The summed E-state index contributed by atoms with van der Waals surface area (Å²) in [5.74, 6) is 0.731. The largest absolute Gasteiger partial charge is 0.493 e. The lowest BCUT2D eigenvalue weighted by atomic mass is 9.86. The Bertz CT molecular complexity index is 1140. The second-order valence-corrected chi connectivity index (χ2v) is 11.1. The lowest BCUT2D eigenvalue weighted by Crippen LogP contribution is -2.57. The first-order chi connectivity index (χ1) is 19.1. The van der Waals surface area contributed by atoms with Crippen LogP contribution in [-0.2, 0) is 10.9 Å². The van der Waals surface area contributed by atoms with Crippen molar-refractivity contribution in [2.75, 3.05) is 60.1 Å². The smallest absolute Gasteiger partial charge is 0.416 e. The van der Waals surface area contributed by atoms with Gasteiger partial charge in [-0.15, -0.1) is 0 Å². The fourth-order valence-corrected chi connectivity index (χ4v) is 5.96. The minimum absolute atomic E-state index is 0.200. The summed E-state index contributed by atoms with van der Waals surface area (Å²) in [6, 6.07) is 9.36. The third-order valence-corrected chi connectivity index (χ3v) is 8.45. The van der Waals surface area contributed by atoms with E-state index in [0.717, 1.165) is 69.8 Å². The van der Waals surface area contributed by atoms with Crippen molar-refractivity contribution < 1.29 is 27.4 Å². The second-order valence-electron chi connectivity index (χ2n) is 11.1. The number of methoxy groups -OCH3 is 1. The average molecular weight is 562 g/mol. The molecule has 0 bridgehead atoms. The number of likely N-dealkylation sites (N-methyl/N-ethyl adjacent to an activating group) is 1. The van der Waals surface area contributed by atoms with E-state index in [1.165, 1.54) is 28.8 Å². The number of alkyl halides is 3. The molecule has 2 saturated heterocycles. The summed E-state index contributed by atoms with van der Waals surface area (Å²) in [4.78, 5) is 19.7. The molecular weight excluding hydrogens is 519 g/mol. The molecule has 9 heteroatoms. The monoisotopic (exact) mass is 561 g/mol. The van der Waals surface area contributed by atoms with Crippen LogP contribution in [0, 0.1) is 13.8 Å². The van der Waals surface area contributed by atoms with Gasteiger partial charge < -0.3 is 19.3 Å². The van der Waals surface area contributed by atoms with Gasteiger partial charge in [0.25, 0.3) is 5.91 Å². The number of amides is 1. The van der Waals surface area contributed by atoms with E-state index in [2.05, 4.69) is 42.8 Å². The van der Waals surface area contributed by atoms with Crippen LogP contribution in [0.3, 0.4) is 0 Å². The Kier molecular flexibility index (Phi) is 10.1. The van der Waals surface area contributed by atoms with Gasteiger partial charge in [-0.2, -0.15) is 13.2 Å². The lowest BCUT2D eigenvalue weighted by Gasteiger charge is -2.49. The molecule has 2 aliphatic rings. The number of carbonyl (C=O) groups is 1. The van der Waals surface area contributed by atoms with Gasteiger partial charge >= 0.3 is 6.18 Å². The Morgan fingerprint density at radius 1 is 1.00 bits per heavy atom. The van der Waals surface area contributed by atoms with Crippen LogP contribution in [0.15, 0.2) is 36.4 Å². The van der Waals surface area contributed by atoms with Crippen molar-refractivity contribution in [1.82, 2.24) is 14.7 Å². The Balaban J connectivity index is 1.37. The summed E-state index contributed by atoms with van der Waals surface area (Å²) < 4.78 is 50.1. The molecule has 4 rings (SSSR count). The molecule has 220 valence electrons. The number of hydrogen-bond donors (Lipinski definition) is 0. The van der Waals surface area contributed by atoms with E-state index in [0.29, 0.717) is 25.3 Å². The van der Waals surface area contributed by atoms with Crippen LogP contribution < -0.4 is 4.74 Å². The van der Waals surface area contributed by atoms with Gasteiger partial charge in [0, 0.05) is 57.5 Å². The zero-order valence-corrected chi connectivity index (χ0v) is 24.1. The van der Waals surface area contributed by atoms with E-state index in [9.17, 15) is 18.0 Å². The number of hydrogen-bond acceptors (Lipinski definition) is 5. The number of rotatable bonds is 10. The van der Waals surface area contributed by atoms with Gasteiger partial charge in [-0.25, -0.2) is 0 Å². The molecule has 6 nitrogen and oxygen atoms in total. The molecule has 2 fully saturated rings. The van der Waals surface area contributed by atoms with E-state index < -0.39 is 11.7 Å². The predicted octanol–water partition coefficient (Wildman–Crippen LogP) is 5.72. The van der Waals surface area contributed by atoms with Gasteiger partial charge in [0.2, 0.25) is 0 Å². The molecule has 0 N–H and O–H groups in total.